The summed E-state index contributed by atoms with van der Waals surface area (Å²) in [4.78, 5) is 28.7. The van der Waals surface area contributed by atoms with Crippen LogP contribution < -0.4 is 10.2 Å². The summed E-state index contributed by atoms with van der Waals surface area (Å²) in [7, 11) is 0. The summed E-state index contributed by atoms with van der Waals surface area (Å²) < 4.78 is 13.0. The number of aliphatic hydroxyl groups is 3. The fraction of sp³-hybridized carbons (Fsp3) is 0.297. The largest absolute Gasteiger partial charge is 0.483 e. The lowest BCUT2D eigenvalue weighted by atomic mass is 9.91. The van der Waals surface area contributed by atoms with Gasteiger partial charge in [0.25, 0.3) is 6.47 Å². The molecule has 15 heteroatoms. The number of rotatable bonds is 13. The molecule has 0 bridgehead atoms. The van der Waals surface area contributed by atoms with Gasteiger partial charge >= 0.3 is 0 Å². The Balaban J connectivity index is 0.00000150. The smallest absolute Gasteiger partial charge is 0.290 e. The summed E-state index contributed by atoms with van der Waals surface area (Å²) in [5, 5.41) is 47.1. The summed E-state index contributed by atoms with van der Waals surface area (Å²) in [6.45, 7) is 2.22. The first kappa shape index (κ1) is 36.1. The number of carbonyl (C=O) groups is 1. The van der Waals surface area contributed by atoms with Crippen LogP contribution in [0.2, 0.25) is 0 Å². The van der Waals surface area contributed by atoms with E-state index in [1.165, 1.54) is 6.33 Å². The molecule has 5 N–H and O–H groups in total. The van der Waals surface area contributed by atoms with Crippen LogP contribution in [0.25, 0.3) is 11.2 Å². The van der Waals surface area contributed by atoms with Crippen molar-refractivity contribution in [2.45, 2.75) is 50.2 Å². The van der Waals surface area contributed by atoms with E-state index in [-0.39, 0.29) is 30.9 Å². The minimum Gasteiger partial charge on any atom is -0.483 e. The second-order valence-electron chi connectivity index (χ2n) is 12.0. The highest BCUT2D eigenvalue weighted by Gasteiger charge is 2.47. The minimum absolute atomic E-state index is 0.0103. The molecule has 1 aliphatic heterocycles. The van der Waals surface area contributed by atoms with Crippen LogP contribution in [0.3, 0.4) is 0 Å². The van der Waals surface area contributed by atoms with Crippen molar-refractivity contribution in [1.29, 1.82) is 0 Å². The zero-order valence-corrected chi connectivity index (χ0v) is 28.4. The van der Waals surface area contributed by atoms with Crippen LogP contribution in [0.15, 0.2) is 102 Å². The predicted octanol–water partition coefficient (Wildman–Crippen LogP) is 3.71. The molecule has 1 aliphatic rings. The van der Waals surface area contributed by atoms with Crippen molar-refractivity contribution in [3.8, 4) is 0 Å². The van der Waals surface area contributed by atoms with Gasteiger partial charge in [-0.2, -0.15) is 15.0 Å². The lowest BCUT2D eigenvalue weighted by molar-refractivity contribution is -0.122. The average molecular weight is 709 g/mol. The number of anilines is 2. The van der Waals surface area contributed by atoms with Gasteiger partial charge in [0.15, 0.2) is 29.3 Å². The van der Waals surface area contributed by atoms with Crippen molar-refractivity contribution >= 4 is 29.4 Å². The van der Waals surface area contributed by atoms with E-state index in [2.05, 4.69) is 44.7 Å². The number of aromatic nitrogens is 6. The Labute approximate surface area is 299 Å². The summed E-state index contributed by atoms with van der Waals surface area (Å²) >= 11 is 0. The highest BCUT2D eigenvalue weighted by Crippen LogP contribution is 2.39. The third-order valence-electron chi connectivity index (χ3n) is 8.81. The molecule has 4 heterocycles. The van der Waals surface area contributed by atoms with Crippen molar-refractivity contribution in [1.82, 2.24) is 29.7 Å². The quantitative estimate of drug-likeness (QED) is 0.0858. The Morgan fingerprint density at radius 3 is 2.15 bits per heavy atom. The Hall–Kier alpha value is -5.74. The standard InChI is InChI=1S/C36H38N8O5.CH2O2/c1-2-27-39-33(42-49-27)31-29(46)30(47)35(48-31)44-21-38-28-32(37-20-26(24-14-8-4-9-15-24)25-16-10-5-11-17-25)40-36(41-34(28)44)43(22-45)19-18-23-12-6-3-7-13-23;2-1-3/h3-17,21,26,29-31,35,45-47H,2,18-20,22H2,1H3,(H,37,40,41);1H,(H,2,3)/t29-,30+,31-,35+;/m0./s1. The maximum Gasteiger partial charge on any atom is 0.290 e. The molecule has 0 unspecified atom stereocenters. The molecule has 6 aromatic rings. The maximum absolute atomic E-state index is 11.2. The third kappa shape index (κ3) is 7.92. The average Bonchev–Trinajstić information content (AvgIpc) is 3.91. The van der Waals surface area contributed by atoms with E-state index in [0.717, 1.165) is 16.7 Å². The number of nitrogens with zero attached hydrogens (tertiary/aromatic N) is 7. The molecule has 4 atom stereocenters. The second-order valence-corrected chi connectivity index (χ2v) is 12.0. The number of aryl methyl sites for hydroxylation is 1. The number of hydrogen-bond donors (Lipinski definition) is 5. The number of ether oxygens (including phenoxy) is 1. The zero-order chi connectivity index (χ0) is 36.5. The molecule has 1 fully saturated rings. The lowest BCUT2D eigenvalue weighted by Gasteiger charge is -2.23. The van der Waals surface area contributed by atoms with E-state index < -0.39 is 24.5 Å². The Morgan fingerprint density at radius 2 is 1.56 bits per heavy atom. The number of fused-ring (bicyclic) bond motifs is 1. The molecule has 0 radical (unpaired) electrons. The molecule has 0 saturated carbocycles. The molecule has 0 amide bonds. The first-order valence-electron chi connectivity index (χ1n) is 16.9. The molecule has 52 heavy (non-hydrogen) atoms. The molecule has 15 nitrogen and oxygen atoms in total. The first-order valence-corrected chi connectivity index (χ1v) is 16.9. The Morgan fingerprint density at radius 1 is 0.923 bits per heavy atom. The van der Waals surface area contributed by atoms with Crippen molar-refractivity contribution < 1.29 is 34.5 Å². The maximum atomic E-state index is 11.2. The van der Waals surface area contributed by atoms with Crippen LogP contribution in [-0.4, -0.2) is 88.6 Å². The fourth-order valence-electron chi connectivity index (χ4n) is 6.13. The lowest BCUT2D eigenvalue weighted by Crippen LogP contribution is -2.30. The summed E-state index contributed by atoms with van der Waals surface area (Å²) in [6, 6.07) is 30.4. The van der Waals surface area contributed by atoms with Gasteiger partial charge in [0.2, 0.25) is 17.7 Å². The van der Waals surface area contributed by atoms with Gasteiger partial charge < -0.3 is 39.9 Å². The molecule has 270 valence electrons. The van der Waals surface area contributed by atoms with E-state index in [0.29, 0.717) is 48.8 Å². The minimum atomic E-state index is -1.35. The van der Waals surface area contributed by atoms with Crippen LogP contribution in [0, 0.1) is 0 Å². The van der Waals surface area contributed by atoms with Gasteiger partial charge in [0.1, 0.15) is 18.9 Å². The van der Waals surface area contributed by atoms with Crippen molar-refractivity contribution in [2.24, 2.45) is 0 Å². The zero-order valence-electron chi connectivity index (χ0n) is 28.4. The fourth-order valence-corrected chi connectivity index (χ4v) is 6.13. The van der Waals surface area contributed by atoms with E-state index in [9.17, 15) is 15.3 Å². The molecule has 3 aromatic carbocycles. The number of benzene rings is 3. The van der Waals surface area contributed by atoms with Crippen LogP contribution in [0.4, 0.5) is 11.8 Å². The Bertz CT molecular complexity index is 1970. The SMILES string of the molecule is CCc1nc([C@H]2O[C@@H](n3cnc4c(NCC(c5ccccc5)c5ccccc5)nc(N(CO)CCc5ccccc5)nc43)[C@H](O)[C@@H]2O)no1.O=CO. The summed E-state index contributed by atoms with van der Waals surface area (Å²) in [6.07, 6.45) is -2.11. The van der Waals surface area contributed by atoms with E-state index in [1.807, 2.05) is 73.7 Å². The van der Waals surface area contributed by atoms with Crippen molar-refractivity contribution in [3.05, 3.63) is 126 Å². The van der Waals surface area contributed by atoms with Crippen LogP contribution in [0.5, 0.6) is 0 Å². The summed E-state index contributed by atoms with van der Waals surface area (Å²) in [5.74, 6) is 1.25. The number of aliphatic hydroxyl groups excluding tert-OH is 3. The molecule has 0 spiro atoms. The van der Waals surface area contributed by atoms with Crippen LogP contribution >= 0.6 is 0 Å². The second kappa shape index (κ2) is 17.0. The number of nitrogens with one attached hydrogen (secondary N) is 1. The van der Waals surface area contributed by atoms with Gasteiger partial charge in [0, 0.05) is 25.4 Å². The molecule has 0 aliphatic carbocycles. The normalized spacial score (nSPS) is 18.2. The van der Waals surface area contributed by atoms with Gasteiger partial charge in [-0.15, -0.1) is 0 Å². The van der Waals surface area contributed by atoms with Crippen molar-refractivity contribution in [3.63, 3.8) is 0 Å². The number of carboxylic acid groups (broad SMARTS) is 1. The first-order chi connectivity index (χ1) is 25.4. The number of hydrogen-bond acceptors (Lipinski definition) is 13. The van der Waals surface area contributed by atoms with Gasteiger partial charge in [-0.25, -0.2) is 4.98 Å². The highest BCUT2D eigenvalue weighted by molar-refractivity contribution is 5.84. The van der Waals surface area contributed by atoms with Gasteiger partial charge in [0.05, 0.1) is 6.33 Å². The topological polar surface area (TPSA) is 205 Å². The van der Waals surface area contributed by atoms with E-state index in [1.54, 1.807) is 9.47 Å². The molecule has 3 aromatic heterocycles. The summed E-state index contributed by atoms with van der Waals surface area (Å²) in [5.41, 5.74) is 4.15. The van der Waals surface area contributed by atoms with Crippen LogP contribution in [-0.2, 0) is 22.4 Å². The Kier molecular flexibility index (Phi) is 11.8. The van der Waals surface area contributed by atoms with Gasteiger partial charge in [-0.05, 0) is 23.1 Å². The third-order valence-corrected chi connectivity index (χ3v) is 8.81. The van der Waals surface area contributed by atoms with E-state index in [4.69, 9.17) is 29.1 Å². The predicted molar refractivity (Wildman–Crippen MR) is 190 cm³/mol. The van der Waals surface area contributed by atoms with Crippen molar-refractivity contribution in [2.75, 3.05) is 30.0 Å². The molecular weight excluding hydrogens is 668 g/mol. The number of imidazole rings is 1. The van der Waals surface area contributed by atoms with Gasteiger partial charge in [-0.3, -0.25) is 9.36 Å². The van der Waals surface area contributed by atoms with Gasteiger partial charge in [-0.1, -0.05) is 103 Å². The van der Waals surface area contributed by atoms with Crippen LogP contribution in [0.1, 0.15) is 53.6 Å². The van der Waals surface area contributed by atoms with E-state index >= 15 is 0 Å². The molecule has 7 rings (SSSR count). The molecular formula is C37H40N8O7. The highest BCUT2D eigenvalue weighted by atomic mass is 16.6. The monoisotopic (exact) mass is 708 g/mol. The molecule has 1 saturated heterocycles.